The Morgan fingerprint density at radius 2 is 1.87 bits per heavy atom. The van der Waals surface area contributed by atoms with Crippen LogP contribution in [0.25, 0.3) is 0 Å². The van der Waals surface area contributed by atoms with Gasteiger partial charge in [0.2, 0.25) is 0 Å². The third-order valence-corrected chi connectivity index (χ3v) is 5.68. The Kier molecular flexibility index (Phi) is 7.30. The standard InChI is InChI=1S/C22H24Cl2N2O5/c1-22(10-9-14-3-6-17(30-2)7-4-14)20(28)26(21(29)25-22)12-16(27)13-31-19-11-15(23)5-8-18(19)24/h3-8,11,16,27H,9-10,12-13H2,1-2H3,(H,25,29)/t16-,22+/m1/s1. The van der Waals surface area contributed by atoms with Crippen LogP contribution in [0.3, 0.4) is 0 Å². The maximum atomic E-state index is 12.9. The minimum atomic E-state index is -1.09. The lowest BCUT2D eigenvalue weighted by atomic mass is 9.93. The molecule has 1 aliphatic heterocycles. The van der Waals surface area contributed by atoms with Crippen LogP contribution in [-0.4, -0.2) is 53.8 Å². The molecule has 2 N–H and O–H groups in total. The number of aryl methyl sites for hydroxylation is 1. The Labute approximate surface area is 190 Å². The molecule has 2 aromatic carbocycles. The SMILES string of the molecule is COc1ccc(CC[C@]2(C)NC(=O)N(C[C@@H](O)COc3cc(Cl)ccc3Cl)C2=O)cc1. The molecule has 2 atom stereocenters. The number of urea groups is 1. The van der Waals surface area contributed by atoms with Gasteiger partial charge in [-0.05, 0) is 49.6 Å². The highest BCUT2D eigenvalue weighted by Gasteiger charge is 2.47. The van der Waals surface area contributed by atoms with E-state index in [1.165, 1.54) is 6.07 Å². The lowest BCUT2D eigenvalue weighted by Crippen LogP contribution is -2.45. The van der Waals surface area contributed by atoms with Crippen molar-refractivity contribution in [2.24, 2.45) is 0 Å². The number of benzene rings is 2. The zero-order valence-corrected chi connectivity index (χ0v) is 18.7. The van der Waals surface area contributed by atoms with E-state index in [-0.39, 0.29) is 19.1 Å². The number of hydrogen-bond acceptors (Lipinski definition) is 5. The lowest BCUT2D eigenvalue weighted by Gasteiger charge is -2.23. The number of aliphatic hydroxyl groups is 1. The lowest BCUT2D eigenvalue weighted by molar-refractivity contribution is -0.132. The third kappa shape index (κ3) is 5.61. The maximum absolute atomic E-state index is 12.9. The molecule has 1 fully saturated rings. The zero-order valence-electron chi connectivity index (χ0n) is 17.2. The maximum Gasteiger partial charge on any atom is 0.325 e. The summed E-state index contributed by atoms with van der Waals surface area (Å²) in [5, 5.41) is 13.8. The van der Waals surface area contributed by atoms with E-state index in [1.807, 2.05) is 24.3 Å². The highest BCUT2D eigenvalue weighted by Crippen LogP contribution is 2.28. The molecule has 0 aromatic heterocycles. The summed E-state index contributed by atoms with van der Waals surface area (Å²) in [6.45, 7) is 1.34. The van der Waals surface area contributed by atoms with Crippen molar-refractivity contribution in [3.8, 4) is 11.5 Å². The molecule has 7 nitrogen and oxygen atoms in total. The Bertz CT molecular complexity index is 953. The van der Waals surface area contributed by atoms with Crippen molar-refractivity contribution in [1.29, 1.82) is 0 Å². The van der Waals surface area contributed by atoms with E-state index < -0.39 is 17.7 Å². The van der Waals surface area contributed by atoms with Crippen LogP contribution in [0, 0.1) is 0 Å². The van der Waals surface area contributed by atoms with E-state index in [0.29, 0.717) is 28.6 Å². The van der Waals surface area contributed by atoms with Gasteiger partial charge in [0, 0.05) is 11.1 Å². The number of aliphatic hydroxyl groups excluding tert-OH is 1. The first-order chi connectivity index (χ1) is 14.7. The second-order valence-corrected chi connectivity index (χ2v) is 8.41. The number of nitrogens with zero attached hydrogens (tertiary/aromatic N) is 1. The third-order valence-electron chi connectivity index (χ3n) is 5.14. The van der Waals surface area contributed by atoms with Gasteiger partial charge in [0.1, 0.15) is 29.7 Å². The minimum absolute atomic E-state index is 0.153. The molecular weight excluding hydrogens is 443 g/mol. The summed E-state index contributed by atoms with van der Waals surface area (Å²) in [5.41, 5.74) is -0.0252. The van der Waals surface area contributed by atoms with E-state index in [2.05, 4.69) is 5.32 Å². The number of rotatable bonds is 9. The Balaban J connectivity index is 1.56. The number of imide groups is 1. The molecule has 166 valence electrons. The fourth-order valence-electron chi connectivity index (χ4n) is 3.31. The molecule has 2 aromatic rings. The van der Waals surface area contributed by atoms with E-state index >= 15 is 0 Å². The van der Waals surface area contributed by atoms with Gasteiger partial charge in [0.05, 0.1) is 18.7 Å². The molecule has 1 heterocycles. The highest BCUT2D eigenvalue weighted by molar-refractivity contribution is 6.34. The van der Waals surface area contributed by atoms with Gasteiger partial charge in [-0.2, -0.15) is 0 Å². The van der Waals surface area contributed by atoms with Crippen molar-refractivity contribution in [2.45, 2.75) is 31.4 Å². The summed E-state index contributed by atoms with van der Waals surface area (Å²) in [6.07, 6.45) is -0.0709. The first-order valence-electron chi connectivity index (χ1n) is 9.75. The number of carbonyl (C=O) groups excluding carboxylic acids is 2. The zero-order chi connectivity index (χ0) is 22.6. The quantitative estimate of drug-likeness (QED) is 0.550. The molecular formula is C22H24Cl2N2O5. The van der Waals surface area contributed by atoms with E-state index in [4.69, 9.17) is 32.7 Å². The van der Waals surface area contributed by atoms with Crippen LogP contribution in [0.2, 0.25) is 10.0 Å². The van der Waals surface area contributed by atoms with Crippen LogP contribution in [0.15, 0.2) is 42.5 Å². The van der Waals surface area contributed by atoms with Crippen LogP contribution < -0.4 is 14.8 Å². The summed E-state index contributed by atoms with van der Waals surface area (Å²) in [4.78, 5) is 26.3. The summed E-state index contributed by atoms with van der Waals surface area (Å²) in [6, 6.07) is 11.7. The van der Waals surface area contributed by atoms with Crippen molar-refractivity contribution in [3.05, 3.63) is 58.1 Å². The minimum Gasteiger partial charge on any atom is -0.497 e. The molecule has 0 bridgehead atoms. The number of β-amino-alcohol motifs (C(OH)–C–C–N with tert-alkyl or cyclic N) is 1. The number of ether oxygens (including phenoxy) is 2. The summed E-state index contributed by atoms with van der Waals surface area (Å²) >= 11 is 12.0. The van der Waals surface area contributed by atoms with Crippen molar-refractivity contribution < 1.29 is 24.2 Å². The van der Waals surface area contributed by atoms with E-state index in [0.717, 1.165) is 16.2 Å². The number of amides is 3. The Hall–Kier alpha value is -2.48. The van der Waals surface area contributed by atoms with Gasteiger partial charge in [0.25, 0.3) is 5.91 Å². The van der Waals surface area contributed by atoms with E-state index in [9.17, 15) is 14.7 Å². The second kappa shape index (κ2) is 9.77. The van der Waals surface area contributed by atoms with Gasteiger partial charge in [0.15, 0.2) is 0 Å². The van der Waals surface area contributed by atoms with Crippen molar-refractivity contribution in [3.63, 3.8) is 0 Å². The number of nitrogens with one attached hydrogen (secondary N) is 1. The van der Waals surface area contributed by atoms with Gasteiger partial charge in [-0.3, -0.25) is 9.69 Å². The van der Waals surface area contributed by atoms with Crippen molar-refractivity contribution >= 4 is 35.1 Å². The van der Waals surface area contributed by atoms with Crippen molar-refractivity contribution in [1.82, 2.24) is 10.2 Å². The molecule has 3 amide bonds. The number of carbonyl (C=O) groups is 2. The number of halogens is 2. The predicted molar refractivity (Wildman–Crippen MR) is 118 cm³/mol. The van der Waals surface area contributed by atoms with Gasteiger partial charge < -0.3 is 19.9 Å². The monoisotopic (exact) mass is 466 g/mol. The first kappa shape index (κ1) is 23.2. The van der Waals surface area contributed by atoms with Crippen LogP contribution in [-0.2, 0) is 11.2 Å². The number of hydrogen-bond donors (Lipinski definition) is 2. The fourth-order valence-corrected chi connectivity index (χ4v) is 3.64. The molecule has 0 unspecified atom stereocenters. The molecule has 0 saturated carbocycles. The van der Waals surface area contributed by atoms with Crippen LogP contribution in [0.4, 0.5) is 4.79 Å². The van der Waals surface area contributed by atoms with Gasteiger partial charge in [-0.1, -0.05) is 35.3 Å². The largest absolute Gasteiger partial charge is 0.497 e. The first-order valence-corrected chi connectivity index (χ1v) is 10.5. The summed E-state index contributed by atoms with van der Waals surface area (Å²) < 4.78 is 10.6. The predicted octanol–water partition coefficient (Wildman–Crippen LogP) is 3.69. The van der Waals surface area contributed by atoms with Crippen LogP contribution in [0.1, 0.15) is 18.9 Å². The highest BCUT2D eigenvalue weighted by atomic mass is 35.5. The van der Waals surface area contributed by atoms with Crippen LogP contribution in [0.5, 0.6) is 11.5 Å². The van der Waals surface area contributed by atoms with E-state index in [1.54, 1.807) is 26.2 Å². The summed E-state index contributed by atoms with van der Waals surface area (Å²) in [7, 11) is 1.60. The van der Waals surface area contributed by atoms with Gasteiger partial charge in [-0.25, -0.2) is 4.79 Å². The fraction of sp³-hybridized carbons (Fsp3) is 0.364. The molecule has 0 radical (unpaired) electrons. The molecule has 9 heteroatoms. The van der Waals surface area contributed by atoms with Gasteiger partial charge >= 0.3 is 6.03 Å². The molecule has 0 aliphatic carbocycles. The number of methoxy groups -OCH3 is 1. The Morgan fingerprint density at radius 1 is 1.16 bits per heavy atom. The normalized spacial score (nSPS) is 19.3. The molecule has 0 spiro atoms. The molecule has 1 saturated heterocycles. The Morgan fingerprint density at radius 3 is 2.55 bits per heavy atom. The second-order valence-electron chi connectivity index (χ2n) is 7.57. The summed E-state index contributed by atoms with van der Waals surface area (Å²) in [5.74, 6) is 0.683. The molecule has 31 heavy (non-hydrogen) atoms. The molecule has 1 aliphatic rings. The van der Waals surface area contributed by atoms with Crippen LogP contribution >= 0.6 is 23.2 Å². The molecule has 3 rings (SSSR count). The average Bonchev–Trinajstić information content (AvgIpc) is 2.96. The smallest absolute Gasteiger partial charge is 0.325 e. The average molecular weight is 467 g/mol. The topological polar surface area (TPSA) is 88.1 Å². The van der Waals surface area contributed by atoms with Gasteiger partial charge in [-0.15, -0.1) is 0 Å². The van der Waals surface area contributed by atoms with Crippen molar-refractivity contribution in [2.75, 3.05) is 20.3 Å².